The van der Waals surface area contributed by atoms with Crippen molar-refractivity contribution in [2.24, 2.45) is 5.73 Å². The van der Waals surface area contributed by atoms with E-state index in [0.29, 0.717) is 0 Å². The summed E-state index contributed by atoms with van der Waals surface area (Å²) in [6.45, 7) is 2.15. The molecule has 1 unspecified atom stereocenters. The highest BCUT2D eigenvalue weighted by atomic mass is 32.1. The van der Waals surface area contributed by atoms with Crippen LogP contribution in [0.25, 0.3) is 5.57 Å². The van der Waals surface area contributed by atoms with Gasteiger partial charge in [0.05, 0.1) is 0 Å². The van der Waals surface area contributed by atoms with Crippen LogP contribution in [0.5, 0.6) is 0 Å². The predicted molar refractivity (Wildman–Crippen MR) is 58.9 cm³/mol. The molecule has 1 atom stereocenters. The minimum Gasteiger partial charge on any atom is -0.324 e. The lowest BCUT2D eigenvalue weighted by atomic mass is 9.95. The van der Waals surface area contributed by atoms with E-state index in [2.05, 4.69) is 25.1 Å². The normalized spacial score (nSPS) is 22.9. The molecule has 0 amide bonds. The van der Waals surface area contributed by atoms with Gasteiger partial charge in [-0.05, 0) is 43.9 Å². The molecule has 2 heteroatoms. The van der Waals surface area contributed by atoms with Crippen molar-refractivity contribution in [3.63, 3.8) is 0 Å². The largest absolute Gasteiger partial charge is 0.324 e. The SMILES string of the molecule is Cc1ccc(C2=CC(N)CCC2)s1. The Morgan fingerprint density at radius 2 is 2.31 bits per heavy atom. The molecule has 1 nitrogen and oxygen atoms in total. The molecule has 0 aromatic carbocycles. The van der Waals surface area contributed by atoms with Crippen LogP contribution in [0.2, 0.25) is 0 Å². The van der Waals surface area contributed by atoms with Crippen molar-refractivity contribution in [1.82, 2.24) is 0 Å². The van der Waals surface area contributed by atoms with Gasteiger partial charge in [0, 0.05) is 15.8 Å². The third-order valence-corrected chi connectivity index (χ3v) is 3.53. The second kappa shape index (κ2) is 3.64. The van der Waals surface area contributed by atoms with E-state index in [1.807, 2.05) is 11.3 Å². The average molecular weight is 193 g/mol. The molecule has 0 radical (unpaired) electrons. The zero-order valence-electron chi connectivity index (χ0n) is 7.92. The fourth-order valence-electron chi connectivity index (χ4n) is 1.77. The van der Waals surface area contributed by atoms with E-state index in [0.717, 1.165) is 6.42 Å². The fraction of sp³-hybridized carbons (Fsp3) is 0.455. The second-order valence-electron chi connectivity index (χ2n) is 3.66. The molecule has 1 aromatic heterocycles. The van der Waals surface area contributed by atoms with E-state index in [-0.39, 0.29) is 6.04 Å². The zero-order chi connectivity index (χ0) is 9.26. The van der Waals surface area contributed by atoms with Crippen molar-refractivity contribution in [2.45, 2.75) is 32.2 Å². The summed E-state index contributed by atoms with van der Waals surface area (Å²) in [4.78, 5) is 2.79. The quantitative estimate of drug-likeness (QED) is 0.729. The molecule has 0 fully saturated rings. The van der Waals surface area contributed by atoms with Crippen molar-refractivity contribution in [3.8, 4) is 0 Å². The molecule has 1 aliphatic carbocycles. The number of aryl methyl sites for hydroxylation is 1. The second-order valence-corrected chi connectivity index (χ2v) is 4.95. The number of allylic oxidation sites excluding steroid dienone is 1. The first-order chi connectivity index (χ1) is 6.25. The highest BCUT2D eigenvalue weighted by molar-refractivity contribution is 7.13. The summed E-state index contributed by atoms with van der Waals surface area (Å²) in [5, 5.41) is 0. The maximum Gasteiger partial charge on any atom is 0.0302 e. The summed E-state index contributed by atoms with van der Waals surface area (Å²) in [5.74, 6) is 0. The summed E-state index contributed by atoms with van der Waals surface area (Å²) in [5.41, 5.74) is 7.35. The van der Waals surface area contributed by atoms with Gasteiger partial charge in [0.15, 0.2) is 0 Å². The highest BCUT2D eigenvalue weighted by Crippen LogP contribution is 2.30. The number of nitrogens with two attached hydrogens (primary N) is 1. The molecule has 1 aliphatic rings. The van der Waals surface area contributed by atoms with Gasteiger partial charge in [-0.3, -0.25) is 0 Å². The first-order valence-corrected chi connectivity index (χ1v) is 5.60. The fourth-order valence-corrected chi connectivity index (χ4v) is 2.69. The molecule has 13 heavy (non-hydrogen) atoms. The molecular formula is C11H15NS. The Kier molecular flexibility index (Phi) is 2.51. The Morgan fingerprint density at radius 1 is 1.46 bits per heavy atom. The van der Waals surface area contributed by atoms with Crippen LogP contribution in [0.3, 0.4) is 0 Å². The highest BCUT2D eigenvalue weighted by Gasteiger charge is 2.12. The Hall–Kier alpha value is -0.600. The van der Waals surface area contributed by atoms with Gasteiger partial charge in [-0.1, -0.05) is 6.08 Å². The molecule has 70 valence electrons. The lowest BCUT2D eigenvalue weighted by Crippen LogP contribution is -2.19. The van der Waals surface area contributed by atoms with Crippen molar-refractivity contribution >= 4 is 16.9 Å². The van der Waals surface area contributed by atoms with E-state index < -0.39 is 0 Å². The van der Waals surface area contributed by atoms with Crippen LogP contribution in [0.15, 0.2) is 18.2 Å². The average Bonchev–Trinajstić information content (AvgIpc) is 2.52. The monoisotopic (exact) mass is 193 g/mol. The van der Waals surface area contributed by atoms with E-state index in [4.69, 9.17) is 5.73 Å². The molecule has 0 spiro atoms. The molecule has 2 rings (SSSR count). The summed E-state index contributed by atoms with van der Waals surface area (Å²) in [6.07, 6.45) is 5.82. The molecule has 0 bridgehead atoms. The Morgan fingerprint density at radius 3 is 2.92 bits per heavy atom. The van der Waals surface area contributed by atoms with E-state index in [9.17, 15) is 0 Å². The summed E-state index contributed by atoms with van der Waals surface area (Å²) < 4.78 is 0. The summed E-state index contributed by atoms with van der Waals surface area (Å²) in [7, 11) is 0. The van der Waals surface area contributed by atoms with Gasteiger partial charge in [-0.2, -0.15) is 0 Å². The van der Waals surface area contributed by atoms with Crippen LogP contribution in [0.1, 0.15) is 29.0 Å². The molecular weight excluding hydrogens is 178 g/mol. The van der Waals surface area contributed by atoms with Crippen molar-refractivity contribution < 1.29 is 0 Å². The Labute approximate surface area is 83.3 Å². The first kappa shape index (κ1) is 8.97. The molecule has 1 aromatic rings. The van der Waals surface area contributed by atoms with Crippen LogP contribution >= 0.6 is 11.3 Å². The summed E-state index contributed by atoms with van der Waals surface area (Å²) >= 11 is 1.87. The van der Waals surface area contributed by atoms with Gasteiger partial charge in [0.2, 0.25) is 0 Å². The first-order valence-electron chi connectivity index (χ1n) is 4.79. The predicted octanol–water partition coefficient (Wildman–Crippen LogP) is 2.95. The van der Waals surface area contributed by atoms with Gasteiger partial charge in [0.1, 0.15) is 0 Å². The van der Waals surface area contributed by atoms with Gasteiger partial charge < -0.3 is 5.73 Å². The van der Waals surface area contributed by atoms with E-state index in [1.54, 1.807) is 0 Å². The lowest BCUT2D eigenvalue weighted by molar-refractivity contribution is 0.655. The van der Waals surface area contributed by atoms with Gasteiger partial charge in [-0.15, -0.1) is 11.3 Å². The smallest absolute Gasteiger partial charge is 0.0302 e. The van der Waals surface area contributed by atoms with Crippen LogP contribution in [0.4, 0.5) is 0 Å². The van der Waals surface area contributed by atoms with Crippen molar-refractivity contribution in [2.75, 3.05) is 0 Å². The number of hydrogen-bond acceptors (Lipinski definition) is 2. The number of rotatable bonds is 1. The standard InChI is InChI=1S/C11H15NS/c1-8-5-6-11(13-8)9-3-2-4-10(12)7-9/h5-7,10H,2-4,12H2,1H3. The third kappa shape index (κ3) is 2.01. The van der Waals surface area contributed by atoms with E-state index >= 15 is 0 Å². The van der Waals surface area contributed by atoms with E-state index in [1.165, 1.54) is 28.2 Å². The van der Waals surface area contributed by atoms with Crippen LogP contribution in [-0.4, -0.2) is 6.04 Å². The van der Waals surface area contributed by atoms with Gasteiger partial charge >= 0.3 is 0 Å². The van der Waals surface area contributed by atoms with Crippen LogP contribution < -0.4 is 5.73 Å². The summed E-state index contributed by atoms with van der Waals surface area (Å²) in [6, 6.07) is 4.68. The number of thiophene rings is 1. The molecule has 0 saturated carbocycles. The maximum atomic E-state index is 5.90. The zero-order valence-corrected chi connectivity index (χ0v) is 8.73. The maximum absolute atomic E-state index is 5.90. The molecule has 1 heterocycles. The van der Waals surface area contributed by atoms with Crippen molar-refractivity contribution in [3.05, 3.63) is 28.0 Å². The van der Waals surface area contributed by atoms with Crippen molar-refractivity contribution in [1.29, 1.82) is 0 Å². The van der Waals surface area contributed by atoms with Gasteiger partial charge in [-0.25, -0.2) is 0 Å². The van der Waals surface area contributed by atoms with Crippen LogP contribution in [-0.2, 0) is 0 Å². The minimum absolute atomic E-state index is 0.283. The molecule has 2 N–H and O–H groups in total. The Balaban J connectivity index is 2.25. The minimum atomic E-state index is 0.283. The topological polar surface area (TPSA) is 26.0 Å². The molecule has 0 aliphatic heterocycles. The molecule has 0 saturated heterocycles. The Bertz CT molecular complexity index is 325. The van der Waals surface area contributed by atoms with Crippen LogP contribution in [0, 0.1) is 6.92 Å². The third-order valence-electron chi connectivity index (χ3n) is 2.46. The van der Waals surface area contributed by atoms with Gasteiger partial charge in [0.25, 0.3) is 0 Å². The lowest BCUT2D eigenvalue weighted by Gasteiger charge is -2.16. The number of hydrogen-bond donors (Lipinski definition) is 1.